The zero-order valence-corrected chi connectivity index (χ0v) is 9.47. The number of hydrogen-bond acceptors (Lipinski definition) is 3. The maximum atomic E-state index is 13.0. The molecular formula is C11H13ClFNO2. The van der Waals surface area contributed by atoms with E-state index in [-0.39, 0.29) is 10.7 Å². The van der Waals surface area contributed by atoms with Crippen LogP contribution in [0.25, 0.3) is 0 Å². The molecule has 1 aliphatic heterocycles. The normalized spacial score (nSPS) is 20.0. The van der Waals surface area contributed by atoms with E-state index in [2.05, 4.69) is 0 Å². The molecule has 1 saturated heterocycles. The summed E-state index contributed by atoms with van der Waals surface area (Å²) in [4.78, 5) is 0. The fraction of sp³-hybridized carbons (Fsp3) is 0.455. The van der Waals surface area contributed by atoms with Crippen LogP contribution in [0.3, 0.4) is 0 Å². The predicted molar refractivity (Wildman–Crippen MR) is 60.2 cm³/mol. The van der Waals surface area contributed by atoms with E-state index in [1.807, 2.05) is 0 Å². The average Bonchev–Trinajstić information content (AvgIpc) is 2.74. The molecule has 0 saturated carbocycles. The Hall–Kier alpha value is -1.00. The van der Waals surface area contributed by atoms with Crippen LogP contribution in [0.2, 0.25) is 5.02 Å². The third-order valence-electron chi connectivity index (χ3n) is 2.55. The third-order valence-corrected chi connectivity index (χ3v) is 2.84. The summed E-state index contributed by atoms with van der Waals surface area (Å²) in [5, 5.41) is 0.0203. The summed E-state index contributed by atoms with van der Waals surface area (Å²) in [6.07, 6.45) is 0.981. The number of hydrogen-bond donors (Lipinski definition) is 1. The van der Waals surface area contributed by atoms with Gasteiger partial charge in [0.05, 0.1) is 23.9 Å². The molecule has 1 unspecified atom stereocenters. The van der Waals surface area contributed by atoms with E-state index in [9.17, 15) is 4.39 Å². The third kappa shape index (κ3) is 2.57. The summed E-state index contributed by atoms with van der Waals surface area (Å²) in [7, 11) is 0. The van der Waals surface area contributed by atoms with Gasteiger partial charge in [-0.05, 0) is 6.42 Å². The summed E-state index contributed by atoms with van der Waals surface area (Å²) in [6.45, 7) is 1.99. The zero-order valence-electron chi connectivity index (χ0n) is 8.71. The molecule has 2 N–H and O–H groups in total. The highest BCUT2D eigenvalue weighted by atomic mass is 35.5. The highest BCUT2D eigenvalue weighted by Gasteiger charge is 2.17. The van der Waals surface area contributed by atoms with Crippen LogP contribution in [-0.2, 0) is 4.74 Å². The van der Waals surface area contributed by atoms with E-state index in [4.69, 9.17) is 26.8 Å². The Bertz CT molecular complexity index is 380. The minimum Gasteiger partial charge on any atom is -0.491 e. The lowest BCUT2D eigenvalue weighted by Crippen LogP contribution is -2.12. The largest absolute Gasteiger partial charge is 0.491 e. The molecule has 0 bridgehead atoms. The molecule has 0 radical (unpaired) electrons. The lowest BCUT2D eigenvalue weighted by Gasteiger charge is -2.12. The van der Waals surface area contributed by atoms with Gasteiger partial charge < -0.3 is 15.2 Å². The Morgan fingerprint density at radius 1 is 1.56 bits per heavy atom. The smallest absolute Gasteiger partial charge is 0.144 e. The van der Waals surface area contributed by atoms with Crippen molar-refractivity contribution in [3.05, 3.63) is 23.0 Å². The van der Waals surface area contributed by atoms with Crippen LogP contribution < -0.4 is 10.5 Å². The number of rotatable bonds is 3. The van der Waals surface area contributed by atoms with E-state index in [0.29, 0.717) is 24.9 Å². The van der Waals surface area contributed by atoms with Crippen LogP contribution in [0.1, 0.15) is 6.42 Å². The van der Waals surface area contributed by atoms with Crippen LogP contribution >= 0.6 is 11.6 Å². The Kier molecular flexibility index (Phi) is 3.51. The maximum Gasteiger partial charge on any atom is 0.144 e. The van der Waals surface area contributed by atoms with E-state index in [1.54, 1.807) is 0 Å². The minimum atomic E-state index is -0.532. The van der Waals surface area contributed by atoms with Gasteiger partial charge in [-0.2, -0.15) is 0 Å². The summed E-state index contributed by atoms with van der Waals surface area (Å²) in [5.41, 5.74) is 5.88. The van der Waals surface area contributed by atoms with Crippen LogP contribution in [0.4, 0.5) is 10.1 Å². The van der Waals surface area contributed by atoms with Crippen molar-refractivity contribution in [2.75, 3.05) is 25.6 Å². The fourth-order valence-corrected chi connectivity index (χ4v) is 1.75. The quantitative estimate of drug-likeness (QED) is 0.832. The van der Waals surface area contributed by atoms with E-state index >= 15 is 0 Å². The first-order valence-corrected chi connectivity index (χ1v) is 5.49. The molecule has 88 valence electrons. The van der Waals surface area contributed by atoms with Gasteiger partial charge in [-0.1, -0.05) is 11.6 Å². The molecule has 0 aliphatic carbocycles. The first-order valence-electron chi connectivity index (χ1n) is 5.12. The van der Waals surface area contributed by atoms with Gasteiger partial charge >= 0.3 is 0 Å². The van der Waals surface area contributed by atoms with Gasteiger partial charge in [-0.3, -0.25) is 0 Å². The van der Waals surface area contributed by atoms with Gasteiger partial charge in [-0.15, -0.1) is 0 Å². The fourth-order valence-electron chi connectivity index (χ4n) is 1.59. The van der Waals surface area contributed by atoms with E-state index in [1.165, 1.54) is 12.1 Å². The number of anilines is 1. The molecule has 1 fully saturated rings. The molecule has 2 rings (SSSR count). The van der Waals surface area contributed by atoms with Gasteiger partial charge in [0, 0.05) is 24.7 Å². The SMILES string of the molecule is Nc1cc(F)c(Cl)cc1OCC1CCOC1. The van der Waals surface area contributed by atoms with Gasteiger partial charge in [0.1, 0.15) is 11.6 Å². The molecular weight excluding hydrogens is 233 g/mol. The van der Waals surface area contributed by atoms with Crippen LogP contribution in [0.5, 0.6) is 5.75 Å². The van der Waals surface area contributed by atoms with Gasteiger partial charge in [0.25, 0.3) is 0 Å². The second-order valence-corrected chi connectivity index (χ2v) is 4.25. The first-order chi connectivity index (χ1) is 7.66. The zero-order chi connectivity index (χ0) is 11.5. The second-order valence-electron chi connectivity index (χ2n) is 3.84. The van der Waals surface area contributed by atoms with Gasteiger partial charge in [0.15, 0.2) is 0 Å². The van der Waals surface area contributed by atoms with Crippen molar-refractivity contribution in [2.24, 2.45) is 5.92 Å². The van der Waals surface area contributed by atoms with Crippen molar-refractivity contribution in [2.45, 2.75) is 6.42 Å². The molecule has 1 heterocycles. The summed E-state index contributed by atoms with van der Waals surface area (Å²) >= 11 is 5.65. The first kappa shape index (κ1) is 11.5. The highest BCUT2D eigenvalue weighted by molar-refractivity contribution is 6.31. The summed E-state index contributed by atoms with van der Waals surface area (Å²) in [5.74, 6) is 0.275. The molecule has 0 spiro atoms. The van der Waals surface area contributed by atoms with Gasteiger partial charge in [-0.25, -0.2) is 4.39 Å². The number of ether oxygens (including phenoxy) is 2. The van der Waals surface area contributed by atoms with Crippen LogP contribution in [-0.4, -0.2) is 19.8 Å². The number of nitrogen functional groups attached to an aromatic ring is 1. The molecule has 0 aromatic heterocycles. The second kappa shape index (κ2) is 4.89. The maximum absolute atomic E-state index is 13.0. The molecule has 1 aliphatic rings. The molecule has 5 heteroatoms. The number of benzene rings is 1. The van der Waals surface area contributed by atoms with Crippen LogP contribution in [0.15, 0.2) is 12.1 Å². The highest BCUT2D eigenvalue weighted by Crippen LogP contribution is 2.29. The van der Waals surface area contributed by atoms with Crippen LogP contribution in [0, 0.1) is 11.7 Å². The minimum absolute atomic E-state index is 0.0203. The van der Waals surface area contributed by atoms with Gasteiger partial charge in [0.2, 0.25) is 0 Å². The van der Waals surface area contributed by atoms with E-state index < -0.39 is 5.82 Å². The number of nitrogens with two attached hydrogens (primary N) is 1. The molecule has 1 aromatic carbocycles. The summed E-state index contributed by atoms with van der Waals surface area (Å²) in [6, 6.07) is 2.57. The lowest BCUT2D eigenvalue weighted by molar-refractivity contribution is 0.167. The average molecular weight is 246 g/mol. The molecule has 0 amide bonds. The summed E-state index contributed by atoms with van der Waals surface area (Å²) < 4.78 is 23.7. The Morgan fingerprint density at radius 3 is 3.06 bits per heavy atom. The van der Waals surface area contributed by atoms with Crippen molar-refractivity contribution >= 4 is 17.3 Å². The Balaban J connectivity index is 2.00. The standard InChI is InChI=1S/C11H13ClFNO2/c12-8-3-11(10(14)4-9(8)13)16-6-7-1-2-15-5-7/h3-4,7H,1-2,5-6,14H2. The predicted octanol–water partition coefficient (Wildman–Crippen LogP) is 2.48. The molecule has 16 heavy (non-hydrogen) atoms. The molecule has 3 nitrogen and oxygen atoms in total. The molecule has 1 aromatic rings. The Morgan fingerprint density at radius 2 is 2.38 bits per heavy atom. The topological polar surface area (TPSA) is 44.5 Å². The van der Waals surface area contributed by atoms with Crippen molar-refractivity contribution in [1.29, 1.82) is 0 Å². The van der Waals surface area contributed by atoms with E-state index in [0.717, 1.165) is 13.0 Å². The Labute approximate surface area is 98.3 Å². The number of halogens is 2. The van der Waals surface area contributed by atoms with Crippen molar-refractivity contribution in [3.63, 3.8) is 0 Å². The lowest BCUT2D eigenvalue weighted by atomic mass is 10.1. The monoisotopic (exact) mass is 245 g/mol. The van der Waals surface area contributed by atoms with Crippen molar-refractivity contribution in [1.82, 2.24) is 0 Å². The van der Waals surface area contributed by atoms with Crippen molar-refractivity contribution in [3.8, 4) is 5.75 Å². The molecule has 1 atom stereocenters. The van der Waals surface area contributed by atoms with Crippen molar-refractivity contribution < 1.29 is 13.9 Å².